The van der Waals surface area contributed by atoms with Crippen LogP contribution in [0.1, 0.15) is 36.6 Å². The number of nitrogens with one attached hydrogen (secondary N) is 1. The second-order valence-corrected chi connectivity index (χ2v) is 6.47. The molecule has 0 spiro atoms. The molecule has 2 aromatic carbocycles. The van der Waals surface area contributed by atoms with Crippen molar-refractivity contribution in [2.75, 3.05) is 5.32 Å². The number of aromatic nitrogens is 2. The van der Waals surface area contributed by atoms with Gasteiger partial charge in [0, 0.05) is 5.56 Å². The standard InChI is InChI=1S/C18H12N4O3S/c23-15(20-18-21-19-10-26-18)12-6-7-13-14(8-12)17(25)22(16(13)24)9-11-4-2-1-3-5-11/h1-8,10H,9H2,(H,20,21,23). The summed E-state index contributed by atoms with van der Waals surface area (Å²) >= 11 is 1.19. The van der Waals surface area contributed by atoms with Gasteiger partial charge in [-0.3, -0.25) is 24.6 Å². The smallest absolute Gasteiger partial charge is 0.261 e. The van der Waals surface area contributed by atoms with Crippen molar-refractivity contribution in [1.82, 2.24) is 15.1 Å². The highest BCUT2D eigenvalue weighted by atomic mass is 32.1. The zero-order valence-corrected chi connectivity index (χ0v) is 14.2. The summed E-state index contributed by atoms with van der Waals surface area (Å²) in [5.74, 6) is -1.17. The van der Waals surface area contributed by atoms with Gasteiger partial charge in [0.05, 0.1) is 17.7 Å². The van der Waals surface area contributed by atoms with Crippen LogP contribution in [0.15, 0.2) is 54.0 Å². The van der Waals surface area contributed by atoms with Gasteiger partial charge in [0.15, 0.2) is 0 Å². The Morgan fingerprint density at radius 3 is 2.54 bits per heavy atom. The highest BCUT2D eigenvalue weighted by molar-refractivity contribution is 7.13. The number of carbonyl (C=O) groups is 3. The van der Waals surface area contributed by atoms with E-state index in [2.05, 4.69) is 15.5 Å². The van der Waals surface area contributed by atoms with Gasteiger partial charge in [-0.05, 0) is 23.8 Å². The van der Waals surface area contributed by atoms with Crippen LogP contribution in [0.2, 0.25) is 0 Å². The number of imide groups is 1. The van der Waals surface area contributed by atoms with Gasteiger partial charge >= 0.3 is 0 Å². The normalized spacial score (nSPS) is 13.0. The number of hydrogen-bond acceptors (Lipinski definition) is 6. The van der Waals surface area contributed by atoms with Crippen molar-refractivity contribution >= 4 is 34.2 Å². The number of anilines is 1. The maximum Gasteiger partial charge on any atom is 0.261 e. The summed E-state index contributed by atoms with van der Waals surface area (Å²) in [6, 6.07) is 13.7. The second-order valence-electron chi connectivity index (χ2n) is 5.64. The lowest BCUT2D eigenvalue weighted by atomic mass is 10.1. The Balaban J connectivity index is 1.59. The first kappa shape index (κ1) is 16.1. The Morgan fingerprint density at radius 2 is 1.81 bits per heavy atom. The Kier molecular flexibility index (Phi) is 4.02. The van der Waals surface area contributed by atoms with E-state index in [-0.39, 0.29) is 23.6 Å². The van der Waals surface area contributed by atoms with Crippen molar-refractivity contribution in [3.8, 4) is 0 Å². The van der Waals surface area contributed by atoms with Gasteiger partial charge in [0.25, 0.3) is 17.7 Å². The Morgan fingerprint density at radius 1 is 1.04 bits per heavy atom. The lowest BCUT2D eigenvalue weighted by molar-refractivity contribution is 0.0642. The third kappa shape index (κ3) is 2.86. The molecule has 0 atom stereocenters. The number of nitrogens with zero attached hydrogens (tertiary/aromatic N) is 3. The molecule has 8 heteroatoms. The summed E-state index contributed by atoms with van der Waals surface area (Å²) in [6.45, 7) is 0.194. The first-order chi connectivity index (χ1) is 12.6. The van der Waals surface area contributed by atoms with Crippen LogP contribution in [0.5, 0.6) is 0 Å². The summed E-state index contributed by atoms with van der Waals surface area (Å²) in [7, 11) is 0. The molecule has 7 nitrogen and oxygen atoms in total. The molecule has 3 amide bonds. The highest BCUT2D eigenvalue weighted by Crippen LogP contribution is 2.26. The lowest BCUT2D eigenvalue weighted by Gasteiger charge is -2.13. The van der Waals surface area contributed by atoms with E-state index in [1.165, 1.54) is 39.9 Å². The van der Waals surface area contributed by atoms with Crippen molar-refractivity contribution in [2.24, 2.45) is 0 Å². The van der Waals surface area contributed by atoms with Gasteiger partial charge in [0.1, 0.15) is 5.51 Å². The molecule has 0 aliphatic carbocycles. The Bertz CT molecular complexity index is 1000. The van der Waals surface area contributed by atoms with Gasteiger partial charge in [-0.1, -0.05) is 41.7 Å². The minimum absolute atomic E-state index is 0.194. The Hall–Kier alpha value is -3.39. The van der Waals surface area contributed by atoms with E-state index in [1.807, 2.05) is 30.3 Å². The third-order valence-electron chi connectivity index (χ3n) is 4.00. The summed E-state index contributed by atoms with van der Waals surface area (Å²) in [4.78, 5) is 38.7. The molecule has 0 unspecified atom stereocenters. The molecule has 0 radical (unpaired) electrons. The summed E-state index contributed by atoms with van der Waals surface area (Å²) in [5, 5.41) is 10.4. The van der Waals surface area contributed by atoms with Crippen LogP contribution in [-0.2, 0) is 6.54 Å². The third-order valence-corrected chi connectivity index (χ3v) is 4.60. The molecule has 26 heavy (non-hydrogen) atoms. The fourth-order valence-electron chi connectivity index (χ4n) is 2.74. The predicted molar refractivity (Wildman–Crippen MR) is 95.0 cm³/mol. The molecule has 1 N–H and O–H groups in total. The minimum atomic E-state index is -0.411. The number of rotatable bonds is 4. The SMILES string of the molecule is O=C(Nc1nncs1)c1ccc2c(c1)C(=O)N(Cc1ccccc1)C2=O. The highest BCUT2D eigenvalue weighted by Gasteiger charge is 2.36. The van der Waals surface area contributed by atoms with E-state index >= 15 is 0 Å². The molecule has 0 bridgehead atoms. The zero-order valence-electron chi connectivity index (χ0n) is 13.4. The first-order valence-electron chi connectivity index (χ1n) is 7.75. The van der Waals surface area contributed by atoms with E-state index in [4.69, 9.17) is 0 Å². The summed E-state index contributed by atoms with van der Waals surface area (Å²) in [6.07, 6.45) is 0. The molecule has 0 fully saturated rings. The molecule has 1 aliphatic rings. The van der Waals surface area contributed by atoms with Gasteiger partial charge in [-0.2, -0.15) is 0 Å². The van der Waals surface area contributed by atoms with Crippen molar-refractivity contribution in [3.05, 3.63) is 76.3 Å². The predicted octanol–water partition coefficient (Wildman–Crippen LogP) is 2.59. The van der Waals surface area contributed by atoms with Gasteiger partial charge in [-0.25, -0.2) is 0 Å². The Labute approximate surface area is 152 Å². The van der Waals surface area contributed by atoms with Crippen molar-refractivity contribution in [1.29, 1.82) is 0 Å². The number of benzene rings is 2. The van der Waals surface area contributed by atoms with Crippen LogP contribution in [0.3, 0.4) is 0 Å². The lowest BCUT2D eigenvalue weighted by Crippen LogP contribution is -2.29. The average molecular weight is 364 g/mol. The number of fused-ring (bicyclic) bond motifs is 1. The molecule has 0 saturated carbocycles. The molecule has 2 heterocycles. The summed E-state index contributed by atoms with van der Waals surface area (Å²) < 4.78 is 0. The average Bonchev–Trinajstić information content (AvgIpc) is 3.25. The van der Waals surface area contributed by atoms with E-state index in [1.54, 1.807) is 0 Å². The quantitative estimate of drug-likeness (QED) is 0.719. The van der Waals surface area contributed by atoms with Crippen molar-refractivity contribution < 1.29 is 14.4 Å². The van der Waals surface area contributed by atoms with Crippen molar-refractivity contribution in [2.45, 2.75) is 6.54 Å². The molecular formula is C18H12N4O3S. The summed E-state index contributed by atoms with van der Waals surface area (Å²) in [5.41, 5.74) is 3.18. The van der Waals surface area contributed by atoms with E-state index in [9.17, 15) is 14.4 Å². The number of carbonyl (C=O) groups excluding carboxylic acids is 3. The maximum atomic E-state index is 12.7. The van der Waals surface area contributed by atoms with Crippen LogP contribution in [-0.4, -0.2) is 32.8 Å². The van der Waals surface area contributed by atoms with Crippen LogP contribution >= 0.6 is 11.3 Å². The second kappa shape index (κ2) is 6.49. The molecule has 3 aromatic rings. The maximum absolute atomic E-state index is 12.7. The van der Waals surface area contributed by atoms with Gasteiger partial charge < -0.3 is 0 Å². The molecular weight excluding hydrogens is 352 g/mol. The number of hydrogen-bond donors (Lipinski definition) is 1. The molecule has 1 aliphatic heterocycles. The van der Waals surface area contributed by atoms with Gasteiger partial charge in [-0.15, -0.1) is 10.2 Å². The van der Waals surface area contributed by atoms with E-state index in [0.29, 0.717) is 10.7 Å². The first-order valence-corrected chi connectivity index (χ1v) is 8.63. The number of amides is 3. The molecule has 4 rings (SSSR count). The molecule has 128 valence electrons. The fraction of sp³-hybridized carbons (Fsp3) is 0.0556. The van der Waals surface area contributed by atoms with E-state index in [0.717, 1.165) is 5.56 Å². The van der Waals surface area contributed by atoms with Gasteiger partial charge in [0.2, 0.25) is 5.13 Å². The van der Waals surface area contributed by atoms with E-state index < -0.39 is 11.8 Å². The van der Waals surface area contributed by atoms with Crippen LogP contribution < -0.4 is 5.32 Å². The van der Waals surface area contributed by atoms with Crippen molar-refractivity contribution in [3.63, 3.8) is 0 Å². The largest absolute Gasteiger partial charge is 0.296 e. The minimum Gasteiger partial charge on any atom is -0.296 e. The van der Waals surface area contributed by atoms with Crippen LogP contribution in [0.25, 0.3) is 0 Å². The van der Waals surface area contributed by atoms with Crippen LogP contribution in [0, 0.1) is 0 Å². The van der Waals surface area contributed by atoms with Crippen LogP contribution in [0.4, 0.5) is 5.13 Å². The molecule has 0 saturated heterocycles. The monoisotopic (exact) mass is 364 g/mol. The fourth-order valence-corrected chi connectivity index (χ4v) is 3.18. The molecule has 1 aromatic heterocycles. The topological polar surface area (TPSA) is 92.3 Å². The zero-order chi connectivity index (χ0) is 18.1.